The third-order valence-corrected chi connectivity index (χ3v) is 5.73. The quantitative estimate of drug-likeness (QED) is 0.135. The highest BCUT2D eigenvalue weighted by Crippen LogP contribution is 2.47. The van der Waals surface area contributed by atoms with Crippen LogP contribution in [0.3, 0.4) is 0 Å². The number of esters is 2. The van der Waals surface area contributed by atoms with Crippen molar-refractivity contribution in [2.75, 3.05) is 40.6 Å². The van der Waals surface area contributed by atoms with Crippen molar-refractivity contribution < 1.29 is 45.3 Å². The van der Waals surface area contributed by atoms with E-state index in [4.69, 9.17) is 35.7 Å². The lowest BCUT2D eigenvalue weighted by atomic mass is 9.97. The molecule has 2 aliphatic rings. The zero-order chi connectivity index (χ0) is 24.2. The summed E-state index contributed by atoms with van der Waals surface area (Å²) in [4.78, 5) is 25.4. The van der Waals surface area contributed by atoms with Gasteiger partial charge in [0.2, 0.25) is 0 Å². The average molecular weight is 604 g/mol. The molecular formula is C22H21IO10S. The Morgan fingerprint density at radius 3 is 1.79 bits per heavy atom. The van der Waals surface area contributed by atoms with Gasteiger partial charge in [0, 0.05) is 24.0 Å². The highest BCUT2D eigenvalue weighted by atomic mass is 127. The summed E-state index contributed by atoms with van der Waals surface area (Å²) in [5.41, 5.74) is 1.13. The van der Waals surface area contributed by atoms with Crippen molar-refractivity contribution in [3.8, 4) is 34.1 Å². The molecule has 0 saturated carbocycles. The summed E-state index contributed by atoms with van der Waals surface area (Å²) in [7, 11) is 2.90. The largest absolute Gasteiger partial charge is 0.493 e. The molecule has 2 saturated heterocycles. The average Bonchev–Trinajstić information content (AvgIpc) is 3.79. The van der Waals surface area contributed by atoms with E-state index in [0.29, 0.717) is 30.1 Å². The molecule has 0 spiro atoms. The Kier molecular flexibility index (Phi) is 7.91. The van der Waals surface area contributed by atoms with Gasteiger partial charge in [-0.05, 0) is 24.3 Å². The normalized spacial score (nSPS) is 18.0. The number of hydrogen-bond donors (Lipinski definition) is 1. The van der Waals surface area contributed by atoms with Gasteiger partial charge in [-0.2, -0.15) is 0 Å². The lowest BCUT2D eigenvalue weighted by Gasteiger charge is -2.18. The Morgan fingerprint density at radius 1 is 0.882 bits per heavy atom. The molecule has 2 aromatic rings. The Morgan fingerprint density at radius 2 is 1.38 bits per heavy atom. The fourth-order valence-corrected chi connectivity index (χ4v) is 3.70. The number of benzene rings is 2. The van der Waals surface area contributed by atoms with E-state index in [1.165, 1.54) is 32.4 Å². The van der Waals surface area contributed by atoms with Crippen LogP contribution in [0.2, 0.25) is 0 Å². The fraction of sp³-hybridized carbons (Fsp3) is 0.364. The molecular weight excluding hydrogens is 583 g/mol. The minimum absolute atomic E-state index is 0.0835. The number of rotatable bonds is 11. The number of methoxy groups -OCH3 is 2. The van der Waals surface area contributed by atoms with Crippen LogP contribution in [0.4, 0.5) is 0 Å². The molecule has 2 heterocycles. The maximum Gasteiger partial charge on any atom is 0.338 e. The molecule has 0 bridgehead atoms. The monoisotopic (exact) mass is 604 g/mol. The molecule has 0 amide bonds. The number of thiol groups is 1. The van der Waals surface area contributed by atoms with Crippen LogP contribution >= 0.6 is 35.9 Å². The van der Waals surface area contributed by atoms with Crippen molar-refractivity contribution in [2.24, 2.45) is 0 Å². The predicted octanol–water partition coefficient (Wildman–Crippen LogP) is 3.43. The summed E-state index contributed by atoms with van der Waals surface area (Å²) in [5, 5.41) is 0. The first-order valence-corrected chi connectivity index (χ1v) is 11.4. The number of carbonyl (C=O) groups is 2. The zero-order valence-electron chi connectivity index (χ0n) is 18.2. The van der Waals surface area contributed by atoms with Gasteiger partial charge in [-0.3, -0.25) is 0 Å². The van der Waals surface area contributed by atoms with E-state index >= 15 is 0 Å². The van der Waals surface area contributed by atoms with Crippen molar-refractivity contribution in [1.82, 2.24) is 0 Å². The summed E-state index contributed by atoms with van der Waals surface area (Å²) >= 11 is 5.63. The molecule has 182 valence electrons. The van der Waals surface area contributed by atoms with Gasteiger partial charge in [0.1, 0.15) is 25.4 Å². The van der Waals surface area contributed by atoms with E-state index < -0.39 is 11.9 Å². The summed E-state index contributed by atoms with van der Waals surface area (Å²) in [5.74, 6) is -0.178. The molecule has 2 atom stereocenters. The first-order valence-electron chi connectivity index (χ1n) is 10.1. The third kappa shape index (κ3) is 5.62. The molecule has 0 aliphatic carbocycles. The van der Waals surface area contributed by atoms with Crippen LogP contribution in [0, 0.1) is 0 Å². The van der Waals surface area contributed by atoms with E-state index in [2.05, 4.69) is 12.9 Å². The van der Waals surface area contributed by atoms with Gasteiger partial charge in [0.05, 0.1) is 38.6 Å². The second-order valence-corrected chi connectivity index (χ2v) is 8.01. The number of epoxide rings is 2. The topological polar surface area (TPSA) is 115 Å². The fourth-order valence-electron chi connectivity index (χ4n) is 3.19. The summed E-state index contributed by atoms with van der Waals surface area (Å²) in [6.45, 7) is 1.40. The molecule has 0 N–H and O–H groups in total. The second-order valence-electron chi connectivity index (χ2n) is 7.39. The zero-order valence-corrected chi connectivity index (χ0v) is 21.3. The second kappa shape index (κ2) is 10.9. The highest BCUT2D eigenvalue weighted by molar-refractivity contribution is 14.1. The lowest BCUT2D eigenvalue weighted by molar-refractivity contribution is 0.0468. The van der Waals surface area contributed by atoms with Gasteiger partial charge in [-0.1, -0.05) is 0 Å². The molecule has 34 heavy (non-hydrogen) atoms. The van der Waals surface area contributed by atoms with Gasteiger partial charge in [-0.25, -0.2) is 9.59 Å². The SMILES string of the molecule is COc1cc(C(=O)OCC2CO2)cc(-c2cc(C(=O)OCC3CO3)cc(OI)c2OS)c1OC. The number of halogens is 1. The summed E-state index contributed by atoms with van der Waals surface area (Å²) in [6.07, 6.45) is -0.170. The minimum Gasteiger partial charge on any atom is -0.493 e. The molecule has 2 aromatic carbocycles. The van der Waals surface area contributed by atoms with Crippen LogP contribution in [0.25, 0.3) is 11.1 Å². The van der Waals surface area contributed by atoms with Crippen LogP contribution in [0.1, 0.15) is 20.7 Å². The first kappa shape index (κ1) is 24.7. The number of hydrogen-bond acceptors (Lipinski definition) is 11. The molecule has 0 aromatic heterocycles. The Labute approximate surface area is 215 Å². The highest BCUT2D eigenvalue weighted by Gasteiger charge is 2.28. The van der Waals surface area contributed by atoms with E-state index in [1.807, 2.05) is 0 Å². The van der Waals surface area contributed by atoms with Gasteiger partial charge in [0.25, 0.3) is 0 Å². The maximum absolute atomic E-state index is 12.7. The number of carbonyl (C=O) groups excluding carboxylic acids is 2. The van der Waals surface area contributed by atoms with Crippen LogP contribution < -0.4 is 16.7 Å². The van der Waals surface area contributed by atoms with E-state index in [9.17, 15) is 9.59 Å². The van der Waals surface area contributed by atoms with Crippen molar-refractivity contribution >= 4 is 47.9 Å². The maximum atomic E-state index is 12.7. The molecule has 2 aliphatic heterocycles. The molecule has 10 nitrogen and oxygen atoms in total. The standard InChI is InChI=1S/C22H21IO10S/c1-26-17-5-11(21(24)30-9-13-7-28-13)3-15(19(17)27-2)16-4-12(6-18(32-23)20(16)33-34)22(25)31-10-14-8-29-14/h3-6,13-14,34H,7-10H2,1-2H3. The Bertz CT molecular complexity index is 998. The summed E-state index contributed by atoms with van der Waals surface area (Å²) in [6, 6.07) is 6.05. The third-order valence-electron chi connectivity index (χ3n) is 5.08. The molecule has 4 rings (SSSR count). The predicted molar refractivity (Wildman–Crippen MR) is 129 cm³/mol. The summed E-state index contributed by atoms with van der Waals surface area (Å²) < 4.78 is 42.5. The molecule has 0 radical (unpaired) electrons. The van der Waals surface area contributed by atoms with Crippen molar-refractivity contribution in [3.63, 3.8) is 0 Å². The smallest absolute Gasteiger partial charge is 0.338 e. The van der Waals surface area contributed by atoms with Gasteiger partial charge in [0.15, 0.2) is 46.0 Å². The van der Waals surface area contributed by atoms with Crippen molar-refractivity contribution in [2.45, 2.75) is 12.2 Å². The van der Waals surface area contributed by atoms with Gasteiger partial charge in [-0.15, -0.1) is 0 Å². The number of ether oxygens (including phenoxy) is 6. The van der Waals surface area contributed by atoms with Crippen LogP contribution in [0.15, 0.2) is 24.3 Å². The van der Waals surface area contributed by atoms with Crippen molar-refractivity contribution in [1.29, 1.82) is 0 Å². The minimum atomic E-state index is -0.580. The van der Waals surface area contributed by atoms with Crippen LogP contribution in [-0.2, 0) is 18.9 Å². The van der Waals surface area contributed by atoms with Gasteiger partial charge < -0.3 is 35.7 Å². The Hall–Kier alpha value is -2.42. The van der Waals surface area contributed by atoms with E-state index in [1.54, 1.807) is 29.1 Å². The van der Waals surface area contributed by atoms with E-state index in [0.717, 1.165) is 0 Å². The van der Waals surface area contributed by atoms with E-state index in [-0.39, 0.29) is 53.8 Å². The molecule has 12 heteroatoms. The molecule has 2 fully saturated rings. The van der Waals surface area contributed by atoms with Crippen LogP contribution in [-0.4, -0.2) is 64.8 Å². The Balaban J connectivity index is 1.79. The van der Waals surface area contributed by atoms with Crippen LogP contribution in [0.5, 0.6) is 23.0 Å². The first-order chi connectivity index (χ1) is 16.5. The van der Waals surface area contributed by atoms with Gasteiger partial charge >= 0.3 is 11.9 Å². The lowest BCUT2D eigenvalue weighted by Crippen LogP contribution is -2.11. The van der Waals surface area contributed by atoms with Crippen molar-refractivity contribution in [3.05, 3.63) is 35.4 Å². The molecule has 2 unspecified atom stereocenters.